The van der Waals surface area contributed by atoms with Crippen LogP contribution >= 0.6 is 0 Å². The lowest BCUT2D eigenvalue weighted by molar-refractivity contribution is -0.660. The Labute approximate surface area is 222 Å². The van der Waals surface area contributed by atoms with Crippen LogP contribution in [-0.2, 0) is 12.5 Å². The number of aromatic nitrogens is 2. The Morgan fingerprint density at radius 3 is 2.32 bits per heavy atom. The minimum absolute atomic E-state index is 0.0791. The summed E-state index contributed by atoms with van der Waals surface area (Å²) in [5, 5.41) is 1.15. The molecule has 0 spiro atoms. The second-order valence-electron chi connectivity index (χ2n) is 11.0. The highest BCUT2D eigenvalue weighted by atomic mass is 19.1. The summed E-state index contributed by atoms with van der Waals surface area (Å²) in [6.45, 7) is 8.69. The van der Waals surface area contributed by atoms with Crippen molar-refractivity contribution in [2.45, 2.75) is 33.1 Å². The van der Waals surface area contributed by atoms with Crippen LogP contribution in [0.25, 0.3) is 55.7 Å². The highest BCUT2D eigenvalue weighted by Crippen LogP contribution is 2.38. The number of hydrogen-bond donors (Lipinski definition) is 0. The van der Waals surface area contributed by atoms with Gasteiger partial charge in [0.05, 0.1) is 16.6 Å². The first-order chi connectivity index (χ1) is 18.2. The van der Waals surface area contributed by atoms with Gasteiger partial charge in [0.15, 0.2) is 11.8 Å². The molecular formula is C34H30FN2O+. The largest absolute Gasteiger partial charge is 0.437 e. The summed E-state index contributed by atoms with van der Waals surface area (Å²) in [4.78, 5) is 4.77. The maximum atomic E-state index is 15.6. The Bertz CT molecular complexity index is 1820. The highest BCUT2D eigenvalue weighted by Gasteiger charge is 2.23. The Kier molecular flexibility index (Phi) is 5.64. The molecule has 0 unspecified atom stereocenters. The second-order valence-corrected chi connectivity index (χ2v) is 11.0. The standard InChI is InChI=1S/C34H30FN2O/c1-21-12-17-26-31-27(35)20-28(36-33(31)38-32(26)30(21)29-11-6-7-18-37(29)5)23-15-13-22(14-16-23)24-9-8-10-25(19-24)34(2,3)4/h6-20H,1-5H3/q+1. The number of benzene rings is 3. The molecule has 6 rings (SSSR count). The molecule has 0 aliphatic rings. The molecule has 0 aliphatic carbocycles. The fourth-order valence-electron chi connectivity index (χ4n) is 5.14. The highest BCUT2D eigenvalue weighted by molar-refractivity contribution is 6.09. The molecule has 3 aromatic carbocycles. The van der Waals surface area contributed by atoms with Gasteiger partial charge in [0.25, 0.3) is 0 Å². The monoisotopic (exact) mass is 501 g/mol. The predicted octanol–water partition coefficient (Wildman–Crippen LogP) is 8.55. The van der Waals surface area contributed by atoms with E-state index in [-0.39, 0.29) is 11.2 Å². The number of pyridine rings is 2. The number of halogens is 1. The average molecular weight is 502 g/mol. The number of aryl methyl sites for hydroxylation is 2. The number of fused-ring (bicyclic) bond motifs is 3. The minimum Gasteiger partial charge on any atom is -0.437 e. The van der Waals surface area contributed by atoms with E-state index in [2.05, 4.69) is 57.2 Å². The molecule has 0 bridgehead atoms. The summed E-state index contributed by atoms with van der Waals surface area (Å²) in [7, 11) is 2.00. The molecule has 0 saturated carbocycles. The Hall–Kier alpha value is -4.31. The normalized spacial score (nSPS) is 11.9. The zero-order valence-electron chi connectivity index (χ0n) is 22.3. The Morgan fingerprint density at radius 1 is 0.816 bits per heavy atom. The third-order valence-corrected chi connectivity index (χ3v) is 7.33. The number of furan rings is 1. The maximum Gasteiger partial charge on any atom is 0.230 e. The summed E-state index contributed by atoms with van der Waals surface area (Å²) in [6.07, 6.45) is 2.00. The molecule has 0 N–H and O–H groups in total. The van der Waals surface area contributed by atoms with Crippen molar-refractivity contribution in [3.63, 3.8) is 0 Å². The summed E-state index contributed by atoms with van der Waals surface area (Å²) in [5.41, 5.74) is 9.00. The predicted molar refractivity (Wildman–Crippen MR) is 152 cm³/mol. The maximum absolute atomic E-state index is 15.6. The minimum atomic E-state index is -0.335. The van der Waals surface area contributed by atoms with Gasteiger partial charge in [0, 0.05) is 29.1 Å². The van der Waals surface area contributed by atoms with Gasteiger partial charge in [-0.05, 0) is 40.7 Å². The molecule has 0 fully saturated rings. The molecule has 3 aromatic heterocycles. The summed E-state index contributed by atoms with van der Waals surface area (Å²) >= 11 is 0. The van der Waals surface area contributed by atoms with Crippen LogP contribution in [0.15, 0.2) is 95.5 Å². The lowest BCUT2D eigenvalue weighted by Gasteiger charge is -2.19. The van der Waals surface area contributed by atoms with Gasteiger partial charge < -0.3 is 4.42 Å². The van der Waals surface area contributed by atoms with Crippen molar-refractivity contribution >= 4 is 22.1 Å². The summed E-state index contributed by atoms with van der Waals surface area (Å²) in [5.74, 6) is -0.335. The van der Waals surface area contributed by atoms with E-state index < -0.39 is 0 Å². The van der Waals surface area contributed by atoms with E-state index in [0.717, 1.165) is 38.9 Å². The lowest BCUT2D eigenvalue weighted by Crippen LogP contribution is -2.30. The SMILES string of the molecule is Cc1ccc2c(oc3nc(-c4ccc(-c5cccc(C(C)(C)C)c5)cc4)cc(F)c32)c1-c1cccc[n+]1C. The average Bonchev–Trinajstić information content (AvgIpc) is 3.28. The Morgan fingerprint density at radius 2 is 1.58 bits per heavy atom. The van der Waals surface area contributed by atoms with Crippen LogP contribution in [-0.4, -0.2) is 4.98 Å². The van der Waals surface area contributed by atoms with Crippen LogP contribution in [0.3, 0.4) is 0 Å². The molecule has 0 atom stereocenters. The first-order valence-electron chi connectivity index (χ1n) is 12.9. The van der Waals surface area contributed by atoms with Crippen molar-refractivity contribution in [1.29, 1.82) is 0 Å². The second kappa shape index (κ2) is 8.91. The van der Waals surface area contributed by atoms with Gasteiger partial charge in [-0.25, -0.2) is 13.9 Å². The molecule has 0 aliphatic heterocycles. The molecular weight excluding hydrogens is 471 g/mol. The third kappa shape index (κ3) is 4.06. The van der Waals surface area contributed by atoms with Gasteiger partial charge in [-0.15, -0.1) is 0 Å². The van der Waals surface area contributed by atoms with E-state index in [4.69, 9.17) is 9.40 Å². The molecule has 38 heavy (non-hydrogen) atoms. The van der Waals surface area contributed by atoms with Crippen LogP contribution in [0.2, 0.25) is 0 Å². The molecule has 0 saturated heterocycles. The molecule has 0 amide bonds. The van der Waals surface area contributed by atoms with Crippen LogP contribution < -0.4 is 4.57 Å². The van der Waals surface area contributed by atoms with Crippen molar-refractivity contribution in [1.82, 2.24) is 4.98 Å². The molecule has 6 aromatic rings. The zero-order chi connectivity index (χ0) is 26.6. The molecule has 188 valence electrons. The summed E-state index contributed by atoms with van der Waals surface area (Å²) < 4.78 is 23.9. The van der Waals surface area contributed by atoms with Gasteiger partial charge in [-0.2, -0.15) is 0 Å². The van der Waals surface area contributed by atoms with Crippen molar-refractivity contribution in [2.75, 3.05) is 0 Å². The molecule has 3 nitrogen and oxygen atoms in total. The first-order valence-corrected chi connectivity index (χ1v) is 12.9. The number of rotatable bonds is 3. The van der Waals surface area contributed by atoms with E-state index in [1.807, 2.05) is 67.2 Å². The van der Waals surface area contributed by atoms with E-state index in [1.165, 1.54) is 11.6 Å². The van der Waals surface area contributed by atoms with Crippen molar-refractivity contribution in [3.8, 4) is 33.6 Å². The van der Waals surface area contributed by atoms with E-state index in [1.54, 1.807) is 0 Å². The quantitative estimate of drug-likeness (QED) is 0.227. The smallest absolute Gasteiger partial charge is 0.230 e. The van der Waals surface area contributed by atoms with E-state index >= 15 is 4.39 Å². The number of nitrogens with zero attached hydrogens (tertiary/aromatic N) is 2. The van der Waals surface area contributed by atoms with Gasteiger partial charge in [-0.1, -0.05) is 81.4 Å². The van der Waals surface area contributed by atoms with Crippen molar-refractivity contribution < 1.29 is 13.4 Å². The fraction of sp³-hybridized carbons (Fsp3) is 0.176. The Balaban J connectivity index is 1.44. The van der Waals surface area contributed by atoms with Gasteiger partial charge >= 0.3 is 0 Å². The molecule has 3 heterocycles. The first kappa shape index (κ1) is 24.1. The van der Waals surface area contributed by atoms with Crippen LogP contribution in [0.5, 0.6) is 0 Å². The van der Waals surface area contributed by atoms with Gasteiger partial charge in [-0.3, -0.25) is 0 Å². The van der Waals surface area contributed by atoms with Gasteiger partial charge in [0.2, 0.25) is 11.4 Å². The van der Waals surface area contributed by atoms with Crippen molar-refractivity contribution in [3.05, 3.63) is 108 Å². The van der Waals surface area contributed by atoms with Crippen LogP contribution in [0.4, 0.5) is 4.39 Å². The van der Waals surface area contributed by atoms with Crippen LogP contribution in [0.1, 0.15) is 31.9 Å². The van der Waals surface area contributed by atoms with Crippen LogP contribution in [0, 0.1) is 12.7 Å². The zero-order valence-corrected chi connectivity index (χ0v) is 22.3. The van der Waals surface area contributed by atoms with Gasteiger partial charge in [0.1, 0.15) is 12.9 Å². The number of hydrogen-bond acceptors (Lipinski definition) is 2. The lowest BCUT2D eigenvalue weighted by atomic mass is 9.85. The fourth-order valence-corrected chi connectivity index (χ4v) is 5.14. The van der Waals surface area contributed by atoms with E-state index in [9.17, 15) is 0 Å². The summed E-state index contributed by atoms with van der Waals surface area (Å²) in [6, 6.07) is 28.2. The topological polar surface area (TPSA) is 29.9 Å². The molecule has 0 radical (unpaired) electrons. The van der Waals surface area contributed by atoms with Crippen molar-refractivity contribution in [2.24, 2.45) is 7.05 Å². The third-order valence-electron chi connectivity index (χ3n) is 7.33. The molecule has 4 heteroatoms. The van der Waals surface area contributed by atoms with E-state index in [0.29, 0.717) is 22.4 Å².